The summed E-state index contributed by atoms with van der Waals surface area (Å²) in [7, 11) is 0. The highest BCUT2D eigenvalue weighted by atomic mass is 35.5. The van der Waals surface area contributed by atoms with Gasteiger partial charge in [0.05, 0.1) is 12.8 Å². The number of nitrogens with one attached hydrogen (secondary N) is 2. The van der Waals surface area contributed by atoms with Gasteiger partial charge in [0.15, 0.2) is 11.5 Å². The molecule has 0 saturated heterocycles. The lowest BCUT2D eigenvalue weighted by Crippen LogP contribution is -2.34. The highest BCUT2D eigenvalue weighted by Crippen LogP contribution is 2.32. The van der Waals surface area contributed by atoms with Gasteiger partial charge in [-0.05, 0) is 54.1 Å². The summed E-state index contributed by atoms with van der Waals surface area (Å²) in [5.41, 5.74) is 4.41. The Morgan fingerprint density at radius 3 is 2.64 bits per heavy atom. The minimum atomic E-state index is -0.458. The van der Waals surface area contributed by atoms with Crippen LogP contribution in [0.4, 0.5) is 0 Å². The van der Waals surface area contributed by atoms with E-state index >= 15 is 0 Å². The fourth-order valence-electron chi connectivity index (χ4n) is 2.95. The average Bonchev–Trinajstić information content (AvgIpc) is 3.31. The van der Waals surface area contributed by atoms with Crippen molar-refractivity contribution >= 4 is 29.6 Å². The first kappa shape index (κ1) is 22.2. The molecule has 0 aromatic heterocycles. The molecule has 33 heavy (non-hydrogen) atoms. The van der Waals surface area contributed by atoms with Crippen LogP contribution in [0.1, 0.15) is 21.5 Å². The number of hydrogen-bond acceptors (Lipinski definition) is 6. The Balaban J connectivity index is 1.20. The number of amides is 2. The minimum Gasteiger partial charge on any atom is -0.489 e. The van der Waals surface area contributed by atoms with Gasteiger partial charge in [0, 0.05) is 16.1 Å². The molecule has 3 aromatic rings. The number of halogens is 1. The Labute approximate surface area is 195 Å². The third-order valence-electron chi connectivity index (χ3n) is 4.68. The summed E-state index contributed by atoms with van der Waals surface area (Å²) in [4.78, 5) is 24.1. The van der Waals surface area contributed by atoms with Crippen molar-refractivity contribution in [3.8, 4) is 17.2 Å². The molecule has 0 bridgehead atoms. The molecule has 0 atom stereocenters. The van der Waals surface area contributed by atoms with Crippen LogP contribution in [0, 0.1) is 0 Å². The van der Waals surface area contributed by atoms with Crippen molar-refractivity contribution in [2.75, 3.05) is 13.3 Å². The highest BCUT2D eigenvalue weighted by molar-refractivity contribution is 6.31. The maximum Gasteiger partial charge on any atom is 0.259 e. The SMILES string of the molecule is O=C(CNC(=O)c1ccc2c(c1)OCO2)NN=Cc1ccc(OCc2ccccc2Cl)cc1. The van der Waals surface area contributed by atoms with Crippen LogP contribution in [0.25, 0.3) is 0 Å². The van der Waals surface area contributed by atoms with E-state index in [1.165, 1.54) is 6.21 Å². The van der Waals surface area contributed by atoms with Crippen molar-refractivity contribution in [1.29, 1.82) is 0 Å². The van der Waals surface area contributed by atoms with Gasteiger partial charge in [0.25, 0.3) is 11.8 Å². The summed E-state index contributed by atoms with van der Waals surface area (Å²) in [6.45, 7) is 0.264. The van der Waals surface area contributed by atoms with E-state index in [0.717, 1.165) is 11.1 Å². The third-order valence-corrected chi connectivity index (χ3v) is 5.05. The minimum absolute atomic E-state index is 0.124. The lowest BCUT2D eigenvalue weighted by Gasteiger charge is -2.07. The number of hydrazone groups is 1. The van der Waals surface area contributed by atoms with Crippen molar-refractivity contribution in [1.82, 2.24) is 10.7 Å². The van der Waals surface area contributed by atoms with Crippen LogP contribution < -0.4 is 25.0 Å². The van der Waals surface area contributed by atoms with Gasteiger partial charge in [-0.3, -0.25) is 9.59 Å². The molecule has 0 unspecified atom stereocenters. The third kappa shape index (κ3) is 6.02. The molecule has 2 amide bonds. The Hall–Kier alpha value is -4.04. The van der Waals surface area contributed by atoms with Crippen LogP contribution in [-0.4, -0.2) is 31.4 Å². The molecule has 1 heterocycles. The molecule has 2 N–H and O–H groups in total. The van der Waals surface area contributed by atoms with Crippen LogP contribution in [-0.2, 0) is 11.4 Å². The zero-order chi connectivity index (χ0) is 23.0. The van der Waals surface area contributed by atoms with Crippen LogP contribution in [0.5, 0.6) is 17.2 Å². The molecule has 8 nitrogen and oxygen atoms in total. The maximum absolute atomic E-state index is 12.2. The van der Waals surface area contributed by atoms with E-state index in [1.54, 1.807) is 42.5 Å². The van der Waals surface area contributed by atoms with Gasteiger partial charge in [-0.15, -0.1) is 0 Å². The van der Waals surface area contributed by atoms with Crippen molar-refractivity contribution < 1.29 is 23.8 Å². The lowest BCUT2D eigenvalue weighted by atomic mass is 10.2. The number of rotatable bonds is 8. The second-order valence-corrected chi connectivity index (χ2v) is 7.40. The van der Waals surface area contributed by atoms with E-state index in [1.807, 2.05) is 24.3 Å². The fourth-order valence-corrected chi connectivity index (χ4v) is 3.14. The number of carbonyl (C=O) groups excluding carboxylic acids is 2. The Morgan fingerprint density at radius 2 is 1.82 bits per heavy atom. The normalized spacial score (nSPS) is 11.9. The summed E-state index contributed by atoms with van der Waals surface area (Å²) in [5, 5.41) is 7.09. The quantitative estimate of drug-likeness (QED) is 0.392. The fraction of sp³-hybridized carbons (Fsp3) is 0.125. The number of ether oxygens (including phenoxy) is 3. The summed E-state index contributed by atoms with van der Waals surface area (Å²) in [6, 6.07) is 19.5. The van der Waals surface area contributed by atoms with Crippen LogP contribution in [0.3, 0.4) is 0 Å². The van der Waals surface area contributed by atoms with Crippen LogP contribution >= 0.6 is 11.6 Å². The van der Waals surface area contributed by atoms with Gasteiger partial charge in [0.2, 0.25) is 6.79 Å². The largest absolute Gasteiger partial charge is 0.489 e. The second kappa shape index (κ2) is 10.5. The van der Waals surface area contributed by atoms with E-state index in [0.29, 0.717) is 34.4 Å². The van der Waals surface area contributed by atoms with E-state index in [-0.39, 0.29) is 13.3 Å². The predicted molar refractivity (Wildman–Crippen MR) is 123 cm³/mol. The molecule has 3 aromatic carbocycles. The van der Waals surface area contributed by atoms with E-state index in [4.69, 9.17) is 25.8 Å². The zero-order valence-corrected chi connectivity index (χ0v) is 18.2. The maximum atomic E-state index is 12.2. The summed E-state index contributed by atoms with van der Waals surface area (Å²) < 4.78 is 16.2. The van der Waals surface area contributed by atoms with Gasteiger partial charge in [-0.25, -0.2) is 5.43 Å². The van der Waals surface area contributed by atoms with Gasteiger partial charge >= 0.3 is 0 Å². The van der Waals surface area contributed by atoms with E-state index < -0.39 is 11.8 Å². The van der Waals surface area contributed by atoms with Crippen molar-refractivity contribution in [3.05, 3.63) is 88.4 Å². The van der Waals surface area contributed by atoms with Crippen LogP contribution in [0.2, 0.25) is 5.02 Å². The second-order valence-electron chi connectivity index (χ2n) is 6.99. The Kier molecular flexibility index (Phi) is 7.06. The number of hydrogen-bond donors (Lipinski definition) is 2. The molecule has 0 spiro atoms. The van der Waals surface area contributed by atoms with Gasteiger partial charge < -0.3 is 19.5 Å². The van der Waals surface area contributed by atoms with Crippen molar-refractivity contribution in [2.45, 2.75) is 6.61 Å². The van der Waals surface area contributed by atoms with E-state index in [9.17, 15) is 9.59 Å². The Morgan fingerprint density at radius 1 is 1.03 bits per heavy atom. The predicted octanol–water partition coefficient (Wildman–Crippen LogP) is 3.53. The first-order valence-electron chi connectivity index (χ1n) is 10.0. The molecular weight excluding hydrogens is 446 g/mol. The molecule has 1 aliphatic heterocycles. The van der Waals surface area contributed by atoms with Crippen molar-refractivity contribution in [3.63, 3.8) is 0 Å². The Bertz CT molecular complexity index is 1180. The summed E-state index contributed by atoms with van der Waals surface area (Å²) in [6.07, 6.45) is 1.50. The first-order chi connectivity index (χ1) is 16.1. The number of nitrogens with zero attached hydrogens (tertiary/aromatic N) is 1. The zero-order valence-electron chi connectivity index (χ0n) is 17.4. The van der Waals surface area contributed by atoms with Crippen LogP contribution in [0.15, 0.2) is 71.8 Å². The first-order valence-corrected chi connectivity index (χ1v) is 10.4. The molecule has 0 fully saturated rings. The average molecular weight is 466 g/mol. The molecule has 168 valence electrons. The number of fused-ring (bicyclic) bond motifs is 1. The van der Waals surface area contributed by atoms with Gasteiger partial charge in [-0.1, -0.05) is 29.8 Å². The molecular formula is C24H20ClN3O5. The number of carbonyl (C=O) groups is 2. The monoisotopic (exact) mass is 465 g/mol. The topological polar surface area (TPSA) is 98.3 Å². The molecule has 9 heteroatoms. The number of benzene rings is 3. The highest BCUT2D eigenvalue weighted by Gasteiger charge is 2.16. The molecule has 4 rings (SSSR count). The summed E-state index contributed by atoms with van der Waals surface area (Å²) >= 11 is 6.12. The molecule has 0 aliphatic carbocycles. The molecule has 0 radical (unpaired) electrons. The van der Waals surface area contributed by atoms with E-state index in [2.05, 4.69) is 15.8 Å². The smallest absolute Gasteiger partial charge is 0.259 e. The molecule has 1 aliphatic rings. The van der Waals surface area contributed by atoms with Gasteiger partial charge in [-0.2, -0.15) is 5.10 Å². The van der Waals surface area contributed by atoms with Crippen molar-refractivity contribution in [2.24, 2.45) is 5.10 Å². The summed E-state index contributed by atoms with van der Waals surface area (Å²) in [5.74, 6) is 0.901. The van der Waals surface area contributed by atoms with Gasteiger partial charge in [0.1, 0.15) is 12.4 Å². The standard InChI is InChI=1S/C24H20ClN3O5/c25-20-4-2-1-3-18(20)14-31-19-8-5-16(6-9-19)12-27-28-23(29)13-26-24(30)17-7-10-21-22(11-17)33-15-32-21/h1-12H,13-15H2,(H,26,30)(H,28,29). The molecule has 0 saturated carbocycles. The lowest BCUT2D eigenvalue weighted by molar-refractivity contribution is -0.120.